The lowest BCUT2D eigenvalue weighted by Crippen LogP contribution is -2.34. The lowest BCUT2D eigenvalue weighted by Gasteiger charge is -2.28. The molecule has 0 aromatic rings. The third-order valence-corrected chi connectivity index (χ3v) is 4.37. The molecule has 2 heteroatoms. The summed E-state index contributed by atoms with van der Waals surface area (Å²) in [5, 5.41) is 0. The summed E-state index contributed by atoms with van der Waals surface area (Å²) in [4.78, 5) is 2.66. The summed E-state index contributed by atoms with van der Waals surface area (Å²) in [6.07, 6.45) is 8.64. The second-order valence-electron chi connectivity index (χ2n) is 6.00. The van der Waals surface area contributed by atoms with Crippen LogP contribution in [0.2, 0.25) is 0 Å². The molecule has 0 bridgehead atoms. The van der Waals surface area contributed by atoms with Gasteiger partial charge in [0.15, 0.2) is 0 Å². The molecule has 15 heavy (non-hydrogen) atoms. The molecule has 2 nitrogen and oxygen atoms in total. The van der Waals surface area contributed by atoms with Crippen LogP contribution in [-0.2, 0) is 0 Å². The van der Waals surface area contributed by atoms with E-state index in [1.54, 1.807) is 0 Å². The quantitative estimate of drug-likeness (QED) is 0.774. The third kappa shape index (κ3) is 2.94. The average molecular weight is 210 g/mol. The van der Waals surface area contributed by atoms with E-state index in [9.17, 15) is 0 Å². The Kier molecular flexibility index (Phi) is 3.68. The molecule has 2 fully saturated rings. The molecule has 0 aromatic carbocycles. The molecule has 0 radical (unpaired) electrons. The normalized spacial score (nSPS) is 34.8. The monoisotopic (exact) mass is 210 g/mol. The summed E-state index contributed by atoms with van der Waals surface area (Å²) in [5.41, 5.74) is 6.25. The van der Waals surface area contributed by atoms with Crippen molar-refractivity contribution in [3.63, 3.8) is 0 Å². The van der Waals surface area contributed by atoms with Gasteiger partial charge < -0.3 is 10.6 Å². The van der Waals surface area contributed by atoms with E-state index in [0.29, 0.717) is 5.41 Å². The van der Waals surface area contributed by atoms with Crippen molar-refractivity contribution >= 4 is 0 Å². The van der Waals surface area contributed by atoms with E-state index < -0.39 is 0 Å². The Labute approximate surface area is 94.2 Å². The van der Waals surface area contributed by atoms with Gasteiger partial charge in [0.05, 0.1) is 0 Å². The zero-order chi connectivity index (χ0) is 10.7. The topological polar surface area (TPSA) is 29.3 Å². The second-order valence-corrected chi connectivity index (χ2v) is 6.00. The number of hydrogen-bond acceptors (Lipinski definition) is 2. The molecule has 1 aliphatic carbocycles. The van der Waals surface area contributed by atoms with Crippen molar-refractivity contribution in [3.8, 4) is 0 Å². The molecule has 2 rings (SSSR count). The van der Waals surface area contributed by atoms with Crippen LogP contribution in [0, 0.1) is 11.3 Å². The molecule has 1 aliphatic heterocycles. The van der Waals surface area contributed by atoms with Crippen molar-refractivity contribution in [2.45, 2.75) is 45.4 Å². The van der Waals surface area contributed by atoms with Crippen molar-refractivity contribution in [1.82, 2.24) is 4.90 Å². The Bertz CT molecular complexity index is 199. The fourth-order valence-corrected chi connectivity index (χ4v) is 3.18. The van der Waals surface area contributed by atoms with Crippen LogP contribution < -0.4 is 5.73 Å². The summed E-state index contributed by atoms with van der Waals surface area (Å²) in [6.45, 7) is 7.06. The molecule has 0 spiro atoms. The molecule has 1 saturated carbocycles. The summed E-state index contributed by atoms with van der Waals surface area (Å²) in [6, 6.07) is 0. The first-order valence-electron chi connectivity index (χ1n) is 6.64. The van der Waals surface area contributed by atoms with Crippen LogP contribution in [0.15, 0.2) is 0 Å². The van der Waals surface area contributed by atoms with Crippen molar-refractivity contribution in [1.29, 1.82) is 0 Å². The highest BCUT2D eigenvalue weighted by molar-refractivity contribution is 4.88. The van der Waals surface area contributed by atoms with Gasteiger partial charge >= 0.3 is 0 Å². The molecule has 1 atom stereocenters. The smallest absolute Gasteiger partial charge is 0.00480 e. The first-order chi connectivity index (χ1) is 7.22. The fourth-order valence-electron chi connectivity index (χ4n) is 3.18. The van der Waals surface area contributed by atoms with Crippen LogP contribution in [0.5, 0.6) is 0 Å². The minimum atomic E-state index is 0.411. The molecule has 1 saturated heterocycles. The highest BCUT2D eigenvalue weighted by atomic mass is 15.2. The molecular weight excluding hydrogens is 184 g/mol. The lowest BCUT2D eigenvalue weighted by molar-refractivity contribution is 0.213. The van der Waals surface area contributed by atoms with Gasteiger partial charge in [-0.05, 0) is 43.7 Å². The van der Waals surface area contributed by atoms with E-state index in [1.807, 2.05) is 0 Å². The second kappa shape index (κ2) is 4.84. The van der Waals surface area contributed by atoms with Crippen molar-refractivity contribution in [2.75, 3.05) is 26.2 Å². The van der Waals surface area contributed by atoms with Gasteiger partial charge in [-0.1, -0.05) is 26.2 Å². The predicted molar refractivity (Wildman–Crippen MR) is 64.8 cm³/mol. The SMILES string of the molecule is CC1(CN)CCN(CC2CCCCC2)C1. The largest absolute Gasteiger partial charge is 0.330 e. The summed E-state index contributed by atoms with van der Waals surface area (Å²) < 4.78 is 0. The maximum Gasteiger partial charge on any atom is 0.00480 e. The number of nitrogens with zero attached hydrogens (tertiary/aromatic N) is 1. The van der Waals surface area contributed by atoms with Crippen LogP contribution in [0.4, 0.5) is 0 Å². The number of nitrogens with two attached hydrogens (primary N) is 1. The van der Waals surface area contributed by atoms with Gasteiger partial charge in [-0.25, -0.2) is 0 Å². The Morgan fingerprint density at radius 1 is 1.27 bits per heavy atom. The summed E-state index contributed by atoms with van der Waals surface area (Å²) in [7, 11) is 0. The molecule has 88 valence electrons. The van der Waals surface area contributed by atoms with Crippen molar-refractivity contribution in [3.05, 3.63) is 0 Å². The highest BCUT2D eigenvalue weighted by Gasteiger charge is 2.33. The maximum absolute atomic E-state index is 5.84. The van der Waals surface area contributed by atoms with E-state index in [0.717, 1.165) is 12.5 Å². The van der Waals surface area contributed by atoms with E-state index in [4.69, 9.17) is 5.73 Å². The van der Waals surface area contributed by atoms with Gasteiger partial charge in [-0.2, -0.15) is 0 Å². The minimum absolute atomic E-state index is 0.411. The predicted octanol–water partition coefficient (Wildman–Crippen LogP) is 2.24. The first-order valence-corrected chi connectivity index (χ1v) is 6.64. The Morgan fingerprint density at radius 2 is 2.00 bits per heavy atom. The van der Waals surface area contributed by atoms with Crippen molar-refractivity contribution in [2.24, 2.45) is 17.1 Å². The van der Waals surface area contributed by atoms with Gasteiger partial charge in [0.25, 0.3) is 0 Å². The van der Waals surface area contributed by atoms with Crippen LogP contribution in [-0.4, -0.2) is 31.1 Å². The fraction of sp³-hybridized carbons (Fsp3) is 1.00. The van der Waals surface area contributed by atoms with Crippen molar-refractivity contribution < 1.29 is 0 Å². The minimum Gasteiger partial charge on any atom is -0.330 e. The van der Waals surface area contributed by atoms with E-state index in [-0.39, 0.29) is 0 Å². The summed E-state index contributed by atoms with van der Waals surface area (Å²) >= 11 is 0. The van der Waals surface area contributed by atoms with Crippen LogP contribution in [0.25, 0.3) is 0 Å². The molecule has 2 aliphatic rings. The maximum atomic E-state index is 5.84. The number of hydrogen-bond donors (Lipinski definition) is 1. The Balaban J connectivity index is 1.76. The standard InChI is InChI=1S/C13H26N2/c1-13(10-14)7-8-15(11-13)9-12-5-3-2-4-6-12/h12H,2-11,14H2,1H3. The molecule has 2 N–H and O–H groups in total. The van der Waals surface area contributed by atoms with Crippen LogP contribution in [0.3, 0.4) is 0 Å². The zero-order valence-corrected chi connectivity index (χ0v) is 10.2. The van der Waals surface area contributed by atoms with Gasteiger partial charge in [-0.15, -0.1) is 0 Å². The molecule has 0 amide bonds. The summed E-state index contributed by atoms with van der Waals surface area (Å²) in [5.74, 6) is 0.985. The first kappa shape index (κ1) is 11.4. The third-order valence-electron chi connectivity index (χ3n) is 4.37. The number of rotatable bonds is 3. The van der Waals surface area contributed by atoms with E-state index in [1.165, 1.54) is 58.2 Å². The van der Waals surface area contributed by atoms with Crippen LogP contribution in [0.1, 0.15) is 45.4 Å². The number of likely N-dealkylation sites (tertiary alicyclic amines) is 1. The lowest BCUT2D eigenvalue weighted by atomic mass is 9.88. The van der Waals surface area contributed by atoms with Crippen LogP contribution >= 0.6 is 0 Å². The Morgan fingerprint density at radius 3 is 2.60 bits per heavy atom. The van der Waals surface area contributed by atoms with Gasteiger partial charge in [0, 0.05) is 13.1 Å². The van der Waals surface area contributed by atoms with E-state index >= 15 is 0 Å². The van der Waals surface area contributed by atoms with Gasteiger partial charge in [0.2, 0.25) is 0 Å². The van der Waals surface area contributed by atoms with Gasteiger partial charge in [-0.3, -0.25) is 0 Å². The van der Waals surface area contributed by atoms with E-state index in [2.05, 4.69) is 11.8 Å². The zero-order valence-electron chi connectivity index (χ0n) is 10.2. The van der Waals surface area contributed by atoms with Gasteiger partial charge in [0.1, 0.15) is 0 Å². The highest BCUT2D eigenvalue weighted by Crippen LogP contribution is 2.31. The Hall–Kier alpha value is -0.0800. The molecule has 1 heterocycles. The average Bonchev–Trinajstić information content (AvgIpc) is 2.63. The molecule has 0 aromatic heterocycles. The molecular formula is C13H26N2. The molecule has 1 unspecified atom stereocenters.